The van der Waals surface area contributed by atoms with E-state index < -0.39 is 0 Å². The highest BCUT2D eigenvalue weighted by Gasteiger charge is 2.31. The Bertz CT molecular complexity index is 170. The molecule has 1 rings (SSSR count). The van der Waals surface area contributed by atoms with Crippen molar-refractivity contribution in [1.82, 2.24) is 5.32 Å². The summed E-state index contributed by atoms with van der Waals surface area (Å²) in [6.07, 6.45) is 4.11. The molecule has 0 bridgehead atoms. The van der Waals surface area contributed by atoms with Crippen LogP contribution in [-0.2, 0) is 4.74 Å². The molecule has 1 aliphatic rings. The van der Waals surface area contributed by atoms with Crippen molar-refractivity contribution >= 4 is 0 Å². The van der Waals surface area contributed by atoms with Crippen LogP contribution in [0.4, 0.5) is 0 Å². The predicted molar refractivity (Wildman–Crippen MR) is 65.1 cm³/mol. The monoisotopic (exact) mass is 213 g/mol. The Morgan fingerprint density at radius 1 is 1.40 bits per heavy atom. The van der Waals surface area contributed by atoms with Crippen molar-refractivity contribution in [1.29, 1.82) is 0 Å². The predicted octanol–water partition coefficient (Wildman–Crippen LogP) is 2.83. The largest absolute Gasteiger partial charge is 0.376 e. The molecule has 2 heteroatoms. The molecule has 3 unspecified atom stereocenters. The first kappa shape index (κ1) is 13.0. The molecule has 0 spiro atoms. The van der Waals surface area contributed by atoms with Crippen LogP contribution in [0.5, 0.6) is 0 Å². The molecule has 15 heavy (non-hydrogen) atoms. The van der Waals surface area contributed by atoms with Crippen molar-refractivity contribution in [3.63, 3.8) is 0 Å². The molecule has 1 fully saturated rings. The summed E-state index contributed by atoms with van der Waals surface area (Å²) in [6.45, 7) is 11.2. The zero-order valence-electron chi connectivity index (χ0n) is 10.8. The Labute approximate surface area is 94.8 Å². The van der Waals surface area contributed by atoms with E-state index in [9.17, 15) is 0 Å². The van der Waals surface area contributed by atoms with E-state index in [1.54, 1.807) is 0 Å². The highest BCUT2D eigenvalue weighted by Crippen LogP contribution is 2.25. The summed E-state index contributed by atoms with van der Waals surface area (Å²) in [5.74, 6) is 1.47. The van der Waals surface area contributed by atoms with Crippen LogP contribution < -0.4 is 5.32 Å². The summed E-state index contributed by atoms with van der Waals surface area (Å²) < 4.78 is 5.86. The van der Waals surface area contributed by atoms with Gasteiger partial charge in [0.25, 0.3) is 0 Å². The maximum atomic E-state index is 5.86. The van der Waals surface area contributed by atoms with Gasteiger partial charge in [-0.15, -0.1) is 0 Å². The Morgan fingerprint density at radius 3 is 2.60 bits per heavy atom. The van der Waals surface area contributed by atoms with E-state index in [0.717, 1.165) is 25.0 Å². The van der Waals surface area contributed by atoms with Gasteiger partial charge in [0.1, 0.15) is 0 Å². The molecule has 0 aromatic rings. The summed E-state index contributed by atoms with van der Waals surface area (Å²) >= 11 is 0. The average molecular weight is 213 g/mol. The lowest BCUT2D eigenvalue weighted by Gasteiger charge is -2.28. The van der Waals surface area contributed by atoms with Gasteiger partial charge in [-0.3, -0.25) is 0 Å². The average Bonchev–Trinajstić information content (AvgIpc) is 2.58. The second-order valence-corrected chi connectivity index (χ2v) is 5.29. The normalized spacial score (nSPS) is 28.6. The molecule has 2 nitrogen and oxygen atoms in total. The zero-order valence-corrected chi connectivity index (χ0v) is 10.8. The highest BCUT2D eigenvalue weighted by molar-refractivity contribution is 4.85. The van der Waals surface area contributed by atoms with Crippen LogP contribution in [0.25, 0.3) is 0 Å². The van der Waals surface area contributed by atoms with Gasteiger partial charge in [-0.2, -0.15) is 0 Å². The topological polar surface area (TPSA) is 21.3 Å². The van der Waals surface area contributed by atoms with E-state index in [2.05, 4.69) is 33.0 Å². The smallest absolute Gasteiger partial charge is 0.0754 e. The zero-order chi connectivity index (χ0) is 11.3. The Kier molecular flexibility index (Phi) is 5.62. The summed E-state index contributed by atoms with van der Waals surface area (Å²) in [5, 5.41) is 3.65. The lowest BCUT2D eigenvalue weighted by molar-refractivity contribution is 0.0543. The third kappa shape index (κ3) is 4.12. The minimum Gasteiger partial charge on any atom is -0.376 e. The fourth-order valence-corrected chi connectivity index (χ4v) is 2.40. The van der Waals surface area contributed by atoms with Crippen LogP contribution in [0, 0.1) is 11.8 Å². The van der Waals surface area contributed by atoms with Crippen molar-refractivity contribution in [3.8, 4) is 0 Å². The van der Waals surface area contributed by atoms with Crippen LogP contribution >= 0.6 is 0 Å². The van der Waals surface area contributed by atoms with Gasteiger partial charge in [0.05, 0.1) is 6.10 Å². The Balaban J connectivity index is 2.46. The molecular formula is C13H27NO. The van der Waals surface area contributed by atoms with Crippen LogP contribution in [0.2, 0.25) is 0 Å². The number of nitrogens with one attached hydrogen (secondary N) is 1. The molecule has 0 aliphatic carbocycles. The Hall–Kier alpha value is -0.0800. The van der Waals surface area contributed by atoms with E-state index in [1.165, 1.54) is 19.3 Å². The van der Waals surface area contributed by atoms with Gasteiger partial charge in [-0.1, -0.05) is 27.7 Å². The molecule has 1 aliphatic heterocycles. The van der Waals surface area contributed by atoms with Crippen LogP contribution in [0.15, 0.2) is 0 Å². The molecule has 90 valence electrons. The fraction of sp³-hybridized carbons (Fsp3) is 1.00. The highest BCUT2D eigenvalue weighted by atomic mass is 16.5. The maximum Gasteiger partial charge on any atom is 0.0754 e. The van der Waals surface area contributed by atoms with E-state index in [1.807, 2.05) is 0 Å². The minimum atomic E-state index is 0.443. The summed E-state index contributed by atoms with van der Waals surface area (Å²) in [5.41, 5.74) is 0. The summed E-state index contributed by atoms with van der Waals surface area (Å²) in [6, 6.07) is 0.558. The van der Waals surface area contributed by atoms with Gasteiger partial charge < -0.3 is 10.1 Å². The van der Waals surface area contributed by atoms with Gasteiger partial charge in [0.2, 0.25) is 0 Å². The van der Waals surface area contributed by atoms with Gasteiger partial charge in [-0.05, 0) is 37.6 Å². The van der Waals surface area contributed by atoms with E-state index in [4.69, 9.17) is 4.74 Å². The SMILES string of the molecule is CCCNC(CC(C)C)C1OCCC1C. The van der Waals surface area contributed by atoms with Crippen molar-refractivity contribution in [2.24, 2.45) is 11.8 Å². The van der Waals surface area contributed by atoms with Gasteiger partial charge in [-0.25, -0.2) is 0 Å². The third-order valence-corrected chi connectivity index (χ3v) is 3.22. The third-order valence-electron chi connectivity index (χ3n) is 3.22. The molecule has 0 radical (unpaired) electrons. The van der Waals surface area contributed by atoms with Gasteiger partial charge in [0, 0.05) is 12.6 Å². The minimum absolute atomic E-state index is 0.443. The van der Waals surface area contributed by atoms with Gasteiger partial charge in [0.15, 0.2) is 0 Å². The summed E-state index contributed by atoms with van der Waals surface area (Å²) in [4.78, 5) is 0. The molecule has 3 atom stereocenters. The van der Waals surface area contributed by atoms with E-state index in [-0.39, 0.29) is 0 Å². The molecule has 1 heterocycles. The summed E-state index contributed by atoms with van der Waals surface area (Å²) in [7, 11) is 0. The molecule has 1 saturated heterocycles. The molecule has 0 saturated carbocycles. The Morgan fingerprint density at radius 2 is 2.13 bits per heavy atom. The van der Waals surface area contributed by atoms with E-state index >= 15 is 0 Å². The molecule has 0 aromatic heterocycles. The van der Waals surface area contributed by atoms with Crippen molar-refractivity contribution in [3.05, 3.63) is 0 Å². The molecule has 0 aromatic carbocycles. The van der Waals surface area contributed by atoms with Crippen LogP contribution in [0.1, 0.15) is 47.0 Å². The van der Waals surface area contributed by atoms with Crippen molar-refractivity contribution in [2.75, 3.05) is 13.2 Å². The molecular weight excluding hydrogens is 186 g/mol. The van der Waals surface area contributed by atoms with Gasteiger partial charge >= 0.3 is 0 Å². The first-order chi connectivity index (χ1) is 7.15. The lowest BCUT2D eigenvalue weighted by Crippen LogP contribution is -2.43. The van der Waals surface area contributed by atoms with E-state index in [0.29, 0.717) is 12.1 Å². The van der Waals surface area contributed by atoms with Crippen LogP contribution in [-0.4, -0.2) is 25.3 Å². The quantitative estimate of drug-likeness (QED) is 0.732. The molecule has 1 N–H and O–H groups in total. The first-order valence-corrected chi connectivity index (χ1v) is 6.50. The number of hydrogen-bond acceptors (Lipinski definition) is 2. The second kappa shape index (κ2) is 6.49. The number of rotatable bonds is 6. The maximum absolute atomic E-state index is 5.86. The standard InChI is InChI=1S/C13H27NO/c1-5-7-14-12(9-10(2)3)13-11(4)6-8-15-13/h10-14H,5-9H2,1-4H3. The number of hydrogen-bond donors (Lipinski definition) is 1. The number of ether oxygens (including phenoxy) is 1. The first-order valence-electron chi connectivity index (χ1n) is 6.50. The lowest BCUT2D eigenvalue weighted by atomic mass is 9.91. The molecule has 0 amide bonds. The van der Waals surface area contributed by atoms with Crippen molar-refractivity contribution < 1.29 is 4.74 Å². The van der Waals surface area contributed by atoms with Crippen molar-refractivity contribution in [2.45, 2.75) is 59.1 Å². The second-order valence-electron chi connectivity index (χ2n) is 5.29. The van der Waals surface area contributed by atoms with Crippen LogP contribution in [0.3, 0.4) is 0 Å². The fourth-order valence-electron chi connectivity index (χ4n) is 2.40.